The first-order chi connectivity index (χ1) is 14.5. The molecule has 0 aliphatic carbocycles. The molecule has 0 bridgehead atoms. The van der Waals surface area contributed by atoms with Crippen LogP contribution in [0.15, 0.2) is 40.9 Å². The third-order valence-electron chi connectivity index (χ3n) is 5.60. The van der Waals surface area contributed by atoms with Crippen molar-refractivity contribution in [1.29, 1.82) is 0 Å². The Balaban J connectivity index is 1.45. The SMILES string of the molecule is CC(Oc1ccc(F)cc1Br)C(=O)NCC1(c2ccc3c(c2)OCO3)CCOCC1. The van der Waals surface area contributed by atoms with E-state index in [1.807, 2.05) is 18.2 Å². The van der Waals surface area contributed by atoms with Crippen LogP contribution in [-0.2, 0) is 14.9 Å². The lowest BCUT2D eigenvalue weighted by Gasteiger charge is -2.38. The number of benzene rings is 2. The van der Waals surface area contributed by atoms with Gasteiger partial charge in [0.25, 0.3) is 5.91 Å². The van der Waals surface area contributed by atoms with Crippen LogP contribution in [0.2, 0.25) is 0 Å². The van der Waals surface area contributed by atoms with E-state index in [1.165, 1.54) is 18.2 Å². The van der Waals surface area contributed by atoms with Crippen molar-refractivity contribution < 1.29 is 28.1 Å². The average Bonchev–Trinajstić information content (AvgIpc) is 3.22. The van der Waals surface area contributed by atoms with E-state index < -0.39 is 6.10 Å². The van der Waals surface area contributed by atoms with Crippen LogP contribution in [0.4, 0.5) is 4.39 Å². The average molecular weight is 480 g/mol. The quantitative estimate of drug-likeness (QED) is 0.679. The minimum Gasteiger partial charge on any atom is -0.480 e. The number of carbonyl (C=O) groups excluding carboxylic acids is 1. The maximum absolute atomic E-state index is 13.3. The molecule has 30 heavy (non-hydrogen) atoms. The highest BCUT2D eigenvalue weighted by molar-refractivity contribution is 9.10. The van der Waals surface area contributed by atoms with Crippen molar-refractivity contribution in [3.63, 3.8) is 0 Å². The summed E-state index contributed by atoms with van der Waals surface area (Å²) < 4.78 is 36.0. The Kier molecular flexibility index (Phi) is 6.15. The van der Waals surface area contributed by atoms with Crippen LogP contribution in [0.3, 0.4) is 0 Å². The summed E-state index contributed by atoms with van der Waals surface area (Å²) >= 11 is 3.26. The molecular formula is C22H23BrFNO5. The number of nitrogens with one attached hydrogen (secondary N) is 1. The van der Waals surface area contributed by atoms with Crippen LogP contribution >= 0.6 is 15.9 Å². The van der Waals surface area contributed by atoms with Crippen LogP contribution in [0, 0.1) is 5.82 Å². The van der Waals surface area contributed by atoms with Gasteiger partial charge in [-0.05, 0) is 71.6 Å². The van der Waals surface area contributed by atoms with Crippen molar-refractivity contribution in [2.45, 2.75) is 31.3 Å². The van der Waals surface area contributed by atoms with Crippen molar-refractivity contribution in [2.75, 3.05) is 26.6 Å². The summed E-state index contributed by atoms with van der Waals surface area (Å²) in [5.41, 5.74) is 0.829. The van der Waals surface area contributed by atoms with E-state index in [9.17, 15) is 9.18 Å². The highest BCUT2D eigenvalue weighted by atomic mass is 79.9. The second-order valence-corrected chi connectivity index (χ2v) is 8.37. The molecule has 1 amide bonds. The van der Waals surface area contributed by atoms with Gasteiger partial charge >= 0.3 is 0 Å². The molecule has 8 heteroatoms. The summed E-state index contributed by atoms with van der Waals surface area (Å²) in [5, 5.41) is 3.03. The number of hydrogen-bond donors (Lipinski definition) is 1. The van der Waals surface area contributed by atoms with Crippen LogP contribution < -0.4 is 19.5 Å². The van der Waals surface area contributed by atoms with Gasteiger partial charge in [-0.25, -0.2) is 4.39 Å². The number of ether oxygens (including phenoxy) is 4. The third-order valence-corrected chi connectivity index (χ3v) is 6.22. The fourth-order valence-electron chi connectivity index (χ4n) is 3.77. The van der Waals surface area contributed by atoms with Gasteiger partial charge in [-0.1, -0.05) is 6.07 Å². The molecule has 6 nitrogen and oxygen atoms in total. The monoisotopic (exact) mass is 479 g/mol. The smallest absolute Gasteiger partial charge is 0.260 e. The highest BCUT2D eigenvalue weighted by Gasteiger charge is 2.36. The molecule has 2 aliphatic rings. The van der Waals surface area contributed by atoms with Crippen LogP contribution in [0.25, 0.3) is 0 Å². The van der Waals surface area contributed by atoms with Crippen molar-refractivity contribution in [1.82, 2.24) is 5.32 Å². The zero-order chi connectivity index (χ0) is 21.1. The summed E-state index contributed by atoms with van der Waals surface area (Å²) in [7, 11) is 0. The molecule has 2 aliphatic heterocycles. The van der Waals surface area contributed by atoms with Gasteiger partial charge in [-0.2, -0.15) is 0 Å². The summed E-state index contributed by atoms with van der Waals surface area (Å²) in [6, 6.07) is 10.0. The van der Waals surface area contributed by atoms with Crippen LogP contribution in [0.1, 0.15) is 25.3 Å². The normalized spacial score (nSPS) is 18.0. The summed E-state index contributed by atoms with van der Waals surface area (Å²) in [6.07, 6.45) is 0.831. The van der Waals surface area contributed by atoms with Crippen LogP contribution in [0.5, 0.6) is 17.2 Å². The lowest BCUT2D eigenvalue weighted by Crippen LogP contribution is -2.47. The van der Waals surface area contributed by atoms with Crippen LogP contribution in [-0.4, -0.2) is 38.6 Å². The first kappa shape index (κ1) is 20.9. The standard InChI is InChI=1S/C22H23BrFNO5/c1-14(30-18-5-3-16(24)11-17(18)23)21(26)25-12-22(6-8-27-9-7-22)15-2-4-19-20(10-15)29-13-28-19/h2-5,10-11,14H,6-9,12-13H2,1H3,(H,25,26). The topological polar surface area (TPSA) is 66.0 Å². The zero-order valence-corrected chi connectivity index (χ0v) is 18.2. The van der Waals surface area contributed by atoms with Gasteiger partial charge in [0.15, 0.2) is 17.6 Å². The maximum Gasteiger partial charge on any atom is 0.260 e. The highest BCUT2D eigenvalue weighted by Crippen LogP contribution is 2.40. The molecule has 1 fully saturated rings. The largest absolute Gasteiger partial charge is 0.480 e. The first-order valence-electron chi connectivity index (χ1n) is 9.84. The minimum absolute atomic E-state index is 0.222. The summed E-state index contributed by atoms with van der Waals surface area (Å²) in [5.74, 6) is 1.25. The Morgan fingerprint density at radius 3 is 2.73 bits per heavy atom. The second-order valence-electron chi connectivity index (χ2n) is 7.51. The molecule has 0 radical (unpaired) electrons. The summed E-state index contributed by atoms with van der Waals surface area (Å²) in [6.45, 7) is 3.59. The summed E-state index contributed by atoms with van der Waals surface area (Å²) in [4.78, 5) is 12.7. The number of hydrogen-bond acceptors (Lipinski definition) is 5. The molecule has 2 aromatic rings. The Labute approximate surface area is 182 Å². The molecule has 4 rings (SSSR count). The number of fused-ring (bicyclic) bond motifs is 1. The lowest BCUT2D eigenvalue weighted by molar-refractivity contribution is -0.127. The van der Waals surface area contributed by atoms with E-state index in [1.54, 1.807) is 6.92 Å². The Hall–Kier alpha value is -2.32. The van der Waals surface area contributed by atoms with Crippen molar-refractivity contribution in [3.8, 4) is 17.2 Å². The number of carbonyl (C=O) groups is 1. The molecule has 2 heterocycles. The first-order valence-corrected chi connectivity index (χ1v) is 10.6. The molecule has 160 valence electrons. The van der Waals surface area contributed by atoms with Gasteiger partial charge < -0.3 is 24.3 Å². The van der Waals surface area contributed by atoms with Gasteiger partial charge in [0, 0.05) is 25.2 Å². The fourth-order valence-corrected chi connectivity index (χ4v) is 4.22. The molecule has 1 atom stereocenters. The van der Waals surface area contributed by atoms with Crippen molar-refractivity contribution in [3.05, 3.63) is 52.3 Å². The molecule has 0 aromatic heterocycles. The van der Waals surface area contributed by atoms with E-state index in [-0.39, 0.29) is 23.9 Å². The van der Waals surface area contributed by atoms with E-state index >= 15 is 0 Å². The molecule has 1 N–H and O–H groups in total. The maximum atomic E-state index is 13.3. The molecule has 0 saturated carbocycles. The molecule has 0 spiro atoms. The second kappa shape index (κ2) is 8.81. The Morgan fingerprint density at radius 2 is 1.97 bits per heavy atom. The van der Waals surface area contributed by atoms with Gasteiger partial charge in [0.1, 0.15) is 11.6 Å². The predicted molar refractivity (Wildman–Crippen MR) is 111 cm³/mol. The predicted octanol–water partition coefficient (Wildman–Crippen LogP) is 3.95. The number of halogens is 2. The lowest BCUT2D eigenvalue weighted by atomic mass is 9.74. The fraction of sp³-hybridized carbons (Fsp3) is 0.409. The van der Waals surface area contributed by atoms with Gasteiger partial charge in [-0.3, -0.25) is 4.79 Å². The third kappa shape index (κ3) is 4.39. The molecule has 1 saturated heterocycles. The number of amides is 1. The van der Waals surface area contributed by atoms with Gasteiger partial charge in [0.05, 0.1) is 4.47 Å². The van der Waals surface area contributed by atoms with Gasteiger partial charge in [0.2, 0.25) is 6.79 Å². The molecule has 1 unspecified atom stereocenters. The van der Waals surface area contributed by atoms with E-state index in [2.05, 4.69) is 21.2 Å². The van der Waals surface area contributed by atoms with E-state index in [4.69, 9.17) is 18.9 Å². The minimum atomic E-state index is -0.736. The molecular weight excluding hydrogens is 457 g/mol. The van der Waals surface area contributed by atoms with E-state index in [0.29, 0.717) is 30.0 Å². The number of rotatable bonds is 6. The Morgan fingerprint density at radius 1 is 1.20 bits per heavy atom. The van der Waals surface area contributed by atoms with Crippen molar-refractivity contribution in [2.24, 2.45) is 0 Å². The van der Waals surface area contributed by atoms with Gasteiger partial charge in [-0.15, -0.1) is 0 Å². The van der Waals surface area contributed by atoms with E-state index in [0.717, 1.165) is 29.9 Å². The van der Waals surface area contributed by atoms with Crippen molar-refractivity contribution >= 4 is 21.8 Å². The zero-order valence-electron chi connectivity index (χ0n) is 16.6. The Bertz CT molecular complexity index is 932. The molecule has 2 aromatic carbocycles.